The number of carbonyl (C=O) groups excluding carboxylic acids is 1. The molecule has 0 bridgehead atoms. The molecule has 0 aliphatic rings. The van der Waals surface area contributed by atoms with Gasteiger partial charge in [0.2, 0.25) is 0 Å². The van der Waals surface area contributed by atoms with Crippen molar-refractivity contribution in [2.45, 2.75) is 13.0 Å². The normalized spacial score (nSPS) is 12.2. The second-order valence-electron chi connectivity index (χ2n) is 3.78. The van der Waals surface area contributed by atoms with Crippen LogP contribution in [0.5, 0.6) is 0 Å². The van der Waals surface area contributed by atoms with Gasteiger partial charge in [0.1, 0.15) is 11.9 Å². The second kappa shape index (κ2) is 8.09. The van der Waals surface area contributed by atoms with Crippen molar-refractivity contribution >= 4 is 17.6 Å². The van der Waals surface area contributed by atoms with Crippen LogP contribution < -0.4 is 5.32 Å². The van der Waals surface area contributed by atoms with Gasteiger partial charge in [-0.05, 0) is 13.0 Å². The predicted octanol–water partition coefficient (Wildman–Crippen LogP) is 2.32. The number of esters is 1. The summed E-state index contributed by atoms with van der Waals surface area (Å²) in [5.41, 5.74) is 0.169. The summed E-state index contributed by atoms with van der Waals surface area (Å²) in [7, 11) is 1.54. The maximum Gasteiger partial charge on any atom is 0.327 e. The first-order valence-electron chi connectivity index (χ1n) is 5.94. The van der Waals surface area contributed by atoms with E-state index in [9.17, 15) is 9.18 Å². The summed E-state index contributed by atoms with van der Waals surface area (Å²) in [6.07, 6.45) is 0. The van der Waals surface area contributed by atoms with Gasteiger partial charge in [0.15, 0.2) is 0 Å². The van der Waals surface area contributed by atoms with Gasteiger partial charge >= 0.3 is 5.97 Å². The molecular formula is C13H17ClFNO3. The predicted molar refractivity (Wildman–Crippen MR) is 70.7 cm³/mol. The van der Waals surface area contributed by atoms with E-state index in [2.05, 4.69) is 5.32 Å². The van der Waals surface area contributed by atoms with Gasteiger partial charge in [0.05, 0.1) is 18.2 Å². The number of rotatable bonds is 7. The highest BCUT2D eigenvalue weighted by Crippen LogP contribution is 2.24. The number of nitrogens with one attached hydrogen (secondary N) is 1. The number of benzene rings is 1. The molecule has 1 aromatic carbocycles. The third-order valence-corrected chi connectivity index (χ3v) is 2.76. The Balaban J connectivity index is 2.94. The molecule has 106 valence electrons. The number of methoxy groups -OCH3 is 1. The molecule has 1 rings (SSSR count). The molecule has 4 nitrogen and oxygen atoms in total. The van der Waals surface area contributed by atoms with Crippen LogP contribution in [0.3, 0.4) is 0 Å². The highest BCUT2D eigenvalue weighted by molar-refractivity contribution is 6.30. The first kappa shape index (κ1) is 15.9. The molecule has 19 heavy (non-hydrogen) atoms. The summed E-state index contributed by atoms with van der Waals surface area (Å²) in [5, 5.41) is 2.86. The molecule has 0 saturated heterocycles. The molecule has 0 fully saturated rings. The largest absolute Gasteiger partial charge is 0.465 e. The number of carbonyl (C=O) groups is 1. The number of halogens is 2. The average Bonchev–Trinajstić information content (AvgIpc) is 2.39. The smallest absolute Gasteiger partial charge is 0.327 e. The van der Waals surface area contributed by atoms with Crippen molar-refractivity contribution in [2.24, 2.45) is 0 Å². The molecule has 6 heteroatoms. The fourth-order valence-corrected chi connectivity index (χ4v) is 1.78. The maximum atomic E-state index is 14.0. The van der Waals surface area contributed by atoms with Crippen LogP contribution in [0.1, 0.15) is 18.5 Å². The van der Waals surface area contributed by atoms with E-state index in [-0.39, 0.29) is 17.2 Å². The Hall–Kier alpha value is -1.17. The van der Waals surface area contributed by atoms with Gasteiger partial charge in [-0.3, -0.25) is 5.32 Å². The highest BCUT2D eigenvalue weighted by atomic mass is 35.5. The Morgan fingerprint density at radius 2 is 2.26 bits per heavy atom. The van der Waals surface area contributed by atoms with Crippen LogP contribution in [0, 0.1) is 5.82 Å². The number of ether oxygens (including phenoxy) is 2. The SMILES string of the molecule is CCOC(=O)C(NCCOC)c1cccc(Cl)c1F. The van der Waals surface area contributed by atoms with Crippen molar-refractivity contribution in [3.8, 4) is 0 Å². The molecule has 0 radical (unpaired) electrons. The lowest BCUT2D eigenvalue weighted by molar-refractivity contribution is -0.146. The quantitative estimate of drug-likeness (QED) is 0.618. The molecule has 0 aliphatic carbocycles. The van der Waals surface area contributed by atoms with E-state index in [1.165, 1.54) is 12.1 Å². The van der Waals surface area contributed by atoms with E-state index < -0.39 is 17.8 Å². The van der Waals surface area contributed by atoms with Gasteiger partial charge in [0, 0.05) is 19.2 Å². The van der Waals surface area contributed by atoms with Gasteiger partial charge in [-0.25, -0.2) is 9.18 Å². The van der Waals surface area contributed by atoms with Crippen molar-refractivity contribution < 1.29 is 18.7 Å². The summed E-state index contributed by atoms with van der Waals surface area (Å²) in [5.74, 6) is -1.16. The van der Waals surface area contributed by atoms with Crippen LogP contribution in [0.15, 0.2) is 18.2 Å². The molecule has 0 saturated carbocycles. The summed E-state index contributed by atoms with van der Waals surface area (Å²) in [6, 6.07) is 3.62. The second-order valence-corrected chi connectivity index (χ2v) is 4.18. The van der Waals surface area contributed by atoms with Crippen molar-refractivity contribution in [3.63, 3.8) is 0 Å². The maximum absolute atomic E-state index is 14.0. The fourth-order valence-electron chi connectivity index (χ4n) is 1.59. The zero-order valence-corrected chi connectivity index (χ0v) is 11.7. The molecule has 0 heterocycles. The zero-order valence-electron chi connectivity index (χ0n) is 10.9. The highest BCUT2D eigenvalue weighted by Gasteiger charge is 2.25. The molecular weight excluding hydrogens is 273 g/mol. The topological polar surface area (TPSA) is 47.6 Å². The molecule has 0 amide bonds. The Bertz CT molecular complexity index is 428. The Morgan fingerprint density at radius 3 is 2.89 bits per heavy atom. The van der Waals surface area contributed by atoms with Crippen LogP contribution in [-0.2, 0) is 14.3 Å². The van der Waals surface area contributed by atoms with E-state index in [0.717, 1.165) is 0 Å². The summed E-state index contributed by atoms with van der Waals surface area (Å²) >= 11 is 5.72. The van der Waals surface area contributed by atoms with Gasteiger partial charge in [0.25, 0.3) is 0 Å². The molecule has 1 unspecified atom stereocenters. The molecule has 0 spiro atoms. The molecule has 0 aromatic heterocycles. The number of hydrogen-bond donors (Lipinski definition) is 1. The van der Waals surface area contributed by atoms with Crippen molar-refractivity contribution in [1.29, 1.82) is 0 Å². The van der Waals surface area contributed by atoms with Crippen LogP contribution >= 0.6 is 11.6 Å². The lowest BCUT2D eigenvalue weighted by Crippen LogP contribution is -2.33. The molecule has 1 atom stereocenters. The summed E-state index contributed by atoms with van der Waals surface area (Å²) in [4.78, 5) is 11.9. The van der Waals surface area contributed by atoms with Crippen LogP contribution in [0.4, 0.5) is 4.39 Å². The van der Waals surface area contributed by atoms with Crippen molar-refractivity contribution in [2.75, 3.05) is 26.9 Å². The van der Waals surface area contributed by atoms with Gasteiger partial charge in [-0.2, -0.15) is 0 Å². The first-order chi connectivity index (χ1) is 9.11. The minimum Gasteiger partial charge on any atom is -0.465 e. The molecule has 0 aliphatic heterocycles. The summed E-state index contributed by atoms with van der Waals surface area (Å²) in [6.45, 7) is 2.71. The lowest BCUT2D eigenvalue weighted by Gasteiger charge is -2.18. The number of hydrogen-bond acceptors (Lipinski definition) is 4. The third kappa shape index (κ3) is 4.45. The Kier molecular flexibility index (Phi) is 6.77. The standard InChI is InChI=1S/C13H17ClFNO3/c1-3-19-13(17)12(16-7-8-18-2)9-5-4-6-10(14)11(9)15/h4-6,12,16H,3,7-8H2,1-2H3. The van der Waals surface area contributed by atoms with Crippen LogP contribution in [0.25, 0.3) is 0 Å². The third-order valence-electron chi connectivity index (χ3n) is 2.47. The minimum atomic E-state index is -0.895. The fraction of sp³-hybridized carbons (Fsp3) is 0.462. The Labute approximate surface area is 116 Å². The lowest BCUT2D eigenvalue weighted by atomic mass is 10.1. The van der Waals surface area contributed by atoms with Crippen LogP contribution in [-0.4, -0.2) is 32.8 Å². The van der Waals surface area contributed by atoms with Gasteiger partial charge in [-0.15, -0.1) is 0 Å². The van der Waals surface area contributed by atoms with Crippen LogP contribution in [0.2, 0.25) is 5.02 Å². The molecule has 1 N–H and O–H groups in total. The van der Waals surface area contributed by atoms with Crippen molar-refractivity contribution in [3.05, 3.63) is 34.6 Å². The average molecular weight is 290 g/mol. The Morgan fingerprint density at radius 1 is 1.53 bits per heavy atom. The summed E-state index contributed by atoms with van der Waals surface area (Å²) < 4.78 is 23.8. The van der Waals surface area contributed by atoms with E-state index in [4.69, 9.17) is 21.1 Å². The van der Waals surface area contributed by atoms with E-state index in [1.54, 1.807) is 20.1 Å². The zero-order chi connectivity index (χ0) is 14.3. The van der Waals surface area contributed by atoms with E-state index >= 15 is 0 Å². The van der Waals surface area contributed by atoms with Gasteiger partial charge in [-0.1, -0.05) is 23.7 Å². The monoisotopic (exact) mass is 289 g/mol. The van der Waals surface area contributed by atoms with Gasteiger partial charge < -0.3 is 9.47 Å². The molecule has 1 aromatic rings. The van der Waals surface area contributed by atoms with E-state index in [1.807, 2.05) is 0 Å². The minimum absolute atomic E-state index is 0.0275. The first-order valence-corrected chi connectivity index (χ1v) is 6.32. The van der Waals surface area contributed by atoms with E-state index in [0.29, 0.717) is 13.2 Å². The van der Waals surface area contributed by atoms with Crippen molar-refractivity contribution in [1.82, 2.24) is 5.32 Å².